The maximum atomic E-state index is 12.5. The summed E-state index contributed by atoms with van der Waals surface area (Å²) < 4.78 is 24.8. The van der Waals surface area contributed by atoms with E-state index in [-0.39, 0.29) is 17.1 Å². The predicted octanol–water partition coefficient (Wildman–Crippen LogP) is 3.13. The molecule has 0 atom stereocenters. The monoisotopic (exact) mass is 422 g/mol. The number of nitrogens with one attached hydrogen (secondary N) is 2. The van der Waals surface area contributed by atoms with Gasteiger partial charge in [-0.2, -0.15) is 0 Å². The average Bonchev–Trinajstić information content (AvgIpc) is 2.64. The highest BCUT2D eigenvalue weighted by atomic mass is 35.5. The zero-order valence-electron chi connectivity index (χ0n) is 15.8. The molecule has 0 radical (unpaired) electrons. The predicted molar refractivity (Wildman–Crippen MR) is 111 cm³/mol. The Morgan fingerprint density at radius 2 is 1.93 bits per heavy atom. The fourth-order valence-electron chi connectivity index (χ4n) is 3.15. The van der Waals surface area contributed by atoms with Crippen LogP contribution in [0.1, 0.15) is 28.8 Å². The number of carbonyl (C=O) groups is 1. The van der Waals surface area contributed by atoms with E-state index in [4.69, 9.17) is 11.6 Å². The number of nitrogens with zero attached hydrogens (tertiary/aromatic N) is 2. The smallest absolute Gasteiger partial charge is 0.255 e. The third kappa shape index (κ3) is 5.21. The maximum absolute atomic E-state index is 12.5. The van der Waals surface area contributed by atoms with Crippen LogP contribution in [-0.2, 0) is 10.0 Å². The number of rotatable bonds is 5. The molecule has 0 spiro atoms. The van der Waals surface area contributed by atoms with Gasteiger partial charge in [0.1, 0.15) is 5.15 Å². The lowest BCUT2D eigenvalue weighted by Crippen LogP contribution is -2.41. The van der Waals surface area contributed by atoms with Gasteiger partial charge in [-0.3, -0.25) is 4.79 Å². The zero-order chi connectivity index (χ0) is 20.3. The number of aryl methyl sites for hydroxylation is 1. The van der Waals surface area contributed by atoms with E-state index in [1.54, 1.807) is 6.07 Å². The molecule has 7 nitrogen and oxygen atoms in total. The minimum absolute atomic E-state index is 0.184. The normalized spacial score (nSPS) is 16.0. The molecule has 1 aromatic carbocycles. The SMILES string of the molecule is Cc1ccc(NC2CCN(S(C)(=O)=O)CC2)cc1NC(=O)c1ccnc(Cl)c1. The van der Waals surface area contributed by atoms with Gasteiger partial charge in [0.15, 0.2) is 0 Å². The number of carbonyl (C=O) groups excluding carboxylic acids is 1. The second-order valence-corrected chi connectivity index (χ2v) is 9.30. The Bertz CT molecular complexity index is 973. The molecule has 0 saturated carbocycles. The molecule has 2 heterocycles. The van der Waals surface area contributed by atoms with Crippen LogP contribution < -0.4 is 10.6 Å². The molecule has 0 unspecified atom stereocenters. The fraction of sp³-hybridized carbons (Fsp3) is 0.368. The highest BCUT2D eigenvalue weighted by Gasteiger charge is 2.24. The number of aromatic nitrogens is 1. The second kappa shape index (κ2) is 8.46. The summed E-state index contributed by atoms with van der Waals surface area (Å²) in [5.41, 5.74) is 2.96. The topological polar surface area (TPSA) is 91.4 Å². The summed E-state index contributed by atoms with van der Waals surface area (Å²) in [5.74, 6) is -0.258. The van der Waals surface area contributed by atoms with E-state index >= 15 is 0 Å². The van der Waals surface area contributed by atoms with Gasteiger partial charge in [0.05, 0.1) is 6.26 Å². The summed E-state index contributed by atoms with van der Waals surface area (Å²) in [7, 11) is -3.13. The van der Waals surface area contributed by atoms with Crippen LogP contribution in [-0.4, -0.2) is 49.0 Å². The molecule has 0 bridgehead atoms. The minimum Gasteiger partial charge on any atom is -0.382 e. The van der Waals surface area contributed by atoms with Crippen LogP contribution >= 0.6 is 11.6 Å². The van der Waals surface area contributed by atoms with E-state index in [0.717, 1.165) is 24.1 Å². The molecule has 28 heavy (non-hydrogen) atoms. The van der Waals surface area contributed by atoms with Gasteiger partial charge in [0.25, 0.3) is 5.91 Å². The first-order valence-corrected chi connectivity index (χ1v) is 11.2. The van der Waals surface area contributed by atoms with Crippen molar-refractivity contribution >= 4 is 38.9 Å². The first-order chi connectivity index (χ1) is 13.2. The molecule has 1 amide bonds. The number of sulfonamides is 1. The Balaban J connectivity index is 1.66. The van der Waals surface area contributed by atoms with E-state index in [2.05, 4.69) is 15.6 Å². The lowest BCUT2D eigenvalue weighted by molar-refractivity contribution is 0.102. The van der Waals surface area contributed by atoms with Crippen LogP contribution in [0.4, 0.5) is 11.4 Å². The molecule has 1 fully saturated rings. The molecule has 2 N–H and O–H groups in total. The Morgan fingerprint density at radius 1 is 1.21 bits per heavy atom. The molecule has 2 aromatic rings. The third-order valence-corrected chi connectivity index (χ3v) is 6.28. The first kappa shape index (κ1) is 20.6. The van der Waals surface area contributed by atoms with Crippen molar-refractivity contribution in [2.45, 2.75) is 25.8 Å². The van der Waals surface area contributed by atoms with Gasteiger partial charge in [-0.15, -0.1) is 0 Å². The van der Waals surface area contributed by atoms with Gasteiger partial charge >= 0.3 is 0 Å². The summed E-state index contributed by atoms with van der Waals surface area (Å²) in [4.78, 5) is 16.4. The van der Waals surface area contributed by atoms with Gasteiger partial charge in [0.2, 0.25) is 10.0 Å². The maximum Gasteiger partial charge on any atom is 0.255 e. The van der Waals surface area contributed by atoms with Crippen molar-refractivity contribution in [2.24, 2.45) is 0 Å². The summed E-state index contributed by atoms with van der Waals surface area (Å²) in [6.07, 6.45) is 4.20. The lowest BCUT2D eigenvalue weighted by Gasteiger charge is -2.31. The summed E-state index contributed by atoms with van der Waals surface area (Å²) in [6.45, 7) is 2.94. The lowest BCUT2D eigenvalue weighted by atomic mass is 10.1. The van der Waals surface area contributed by atoms with Gasteiger partial charge in [-0.1, -0.05) is 17.7 Å². The molecule has 9 heteroatoms. The Labute approximate surface area is 170 Å². The van der Waals surface area contributed by atoms with Crippen molar-refractivity contribution in [3.63, 3.8) is 0 Å². The number of piperidine rings is 1. The summed E-state index contributed by atoms with van der Waals surface area (Å²) >= 11 is 5.85. The van der Waals surface area contributed by atoms with Crippen molar-refractivity contribution in [3.05, 3.63) is 52.8 Å². The van der Waals surface area contributed by atoms with Gasteiger partial charge in [-0.25, -0.2) is 17.7 Å². The number of pyridine rings is 1. The van der Waals surface area contributed by atoms with E-state index in [1.807, 2.05) is 25.1 Å². The zero-order valence-corrected chi connectivity index (χ0v) is 17.3. The van der Waals surface area contributed by atoms with Crippen LogP contribution in [0.2, 0.25) is 5.15 Å². The van der Waals surface area contributed by atoms with Crippen LogP contribution in [0, 0.1) is 6.92 Å². The second-order valence-electron chi connectivity index (χ2n) is 6.93. The molecule has 150 valence electrons. The quantitative estimate of drug-likeness (QED) is 0.722. The van der Waals surface area contributed by atoms with Crippen molar-refractivity contribution in [3.8, 4) is 0 Å². The fourth-order valence-corrected chi connectivity index (χ4v) is 4.20. The number of anilines is 2. The molecule has 1 aliphatic rings. The van der Waals surface area contributed by atoms with E-state index in [1.165, 1.54) is 22.8 Å². The molecule has 1 aliphatic heterocycles. The highest BCUT2D eigenvalue weighted by Crippen LogP contribution is 2.24. The van der Waals surface area contributed by atoms with E-state index < -0.39 is 10.0 Å². The van der Waals surface area contributed by atoms with Gasteiger partial charge < -0.3 is 10.6 Å². The Hall–Kier alpha value is -2.16. The average molecular weight is 423 g/mol. The highest BCUT2D eigenvalue weighted by molar-refractivity contribution is 7.88. The summed E-state index contributed by atoms with van der Waals surface area (Å²) in [5, 5.41) is 6.61. The van der Waals surface area contributed by atoms with Crippen LogP contribution in [0.5, 0.6) is 0 Å². The Kier molecular flexibility index (Phi) is 6.22. The third-order valence-electron chi connectivity index (χ3n) is 4.77. The Morgan fingerprint density at radius 3 is 2.57 bits per heavy atom. The molecule has 1 aromatic heterocycles. The minimum atomic E-state index is -3.13. The summed E-state index contributed by atoms with van der Waals surface area (Å²) in [6, 6.07) is 9.08. The van der Waals surface area contributed by atoms with Crippen LogP contribution in [0.15, 0.2) is 36.5 Å². The van der Waals surface area contributed by atoms with Crippen molar-refractivity contribution in [1.82, 2.24) is 9.29 Å². The van der Waals surface area contributed by atoms with Crippen molar-refractivity contribution < 1.29 is 13.2 Å². The number of amides is 1. The number of benzene rings is 1. The van der Waals surface area contributed by atoms with Crippen molar-refractivity contribution in [1.29, 1.82) is 0 Å². The molecule has 3 rings (SSSR count). The van der Waals surface area contributed by atoms with Gasteiger partial charge in [-0.05, 0) is 49.6 Å². The van der Waals surface area contributed by atoms with E-state index in [9.17, 15) is 13.2 Å². The molecular formula is C19H23ClN4O3S. The molecular weight excluding hydrogens is 400 g/mol. The molecule has 0 aliphatic carbocycles. The number of hydrogen-bond acceptors (Lipinski definition) is 5. The van der Waals surface area contributed by atoms with Gasteiger partial charge in [0, 0.05) is 42.3 Å². The van der Waals surface area contributed by atoms with Crippen LogP contribution in [0.3, 0.4) is 0 Å². The first-order valence-electron chi connectivity index (χ1n) is 8.97. The van der Waals surface area contributed by atoms with Crippen LogP contribution in [0.25, 0.3) is 0 Å². The molecule has 1 saturated heterocycles. The van der Waals surface area contributed by atoms with Crippen molar-refractivity contribution in [2.75, 3.05) is 30.0 Å². The largest absolute Gasteiger partial charge is 0.382 e. The van der Waals surface area contributed by atoms with E-state index in [0.29, 0.717) is 24.3 Å². The number of hydrogen-bond donors (Lipinski definition) is 2. The standard InChI is InChI=1S/C19H23ClN4O3S/c1-13-3-4-16(22-15-6-9-24(10-7-15)28(2,26)27)12-17(13)23-19(25)14-5-8-21-18(20)11-14/h3-5,8,11-12,15,22H,6-7,9-10H2,1-2H3,(H,23,25). The number of halogens is 1.